The van der Waals surface area contributed by atoms with Crippen molar-refractivity contribution < 1.29 is 5.11 Å². The van der Waals surface area contributed by atoms with Crippen LogP contribution in [-0.2, 0) is 6.61 Å². The number of halogens is 2. The molecule has 78 valence electrons. The fraction of sp³-hybridized carbons (Fsp3) is 0.100. The van der Waals surface area contributed by atoms with Crippen molar-refractivity contribution in [1.29, 1.82) is 0 Å². The minimum absolute atomic E-state index is 0.0458. The van der Waals surface area contributed by atoms with Crippen molar-refractivity contribution in [2.75, 3.05) is 0 Å². The maximum Gasteiger partial charge on any atom is 0.119 e. The second kappa shape index (κ2) is 4.49. The maximum absolute atomic E-state index is 8.91. The highest BCUT2D eigenvalue weighted by atomic mass is 35.5. The summed E-state index contributed by atoms with van der Waals surface area (Å²) >= 11 is 13.2. The third-order valence-corrected chi connectivity index (χ3v) is 3.28. The standard InChI is InChI=1S/C10H7Cl2NOS/c11-6-1-2-7(8(12)3-6)9-5-15-10(4-14)13-9/h1-3,5,14H,4H2. The molecule has 0 saturated heterocycles. The van der Waals surface area contributed by atoms with Crippen LogP contribution in [0.15, 0.2) is 23.6 Å². The molecule has 0 aliphatic rings. The van der Waals surface area contributed by atoms with Crippen LogP contribution in [0.3, 0.4) is 0 Å². The number of aromatic nitrogens is 1. The van der Waals surface area contributed by atoms with Gasteiger partial charge in [-0.2, -0.15) is 0 Å². The number of benzene rings is 1. The zero-order valence-corrected chi connectivity index (χ0v) is 9.90. The van der Waals surface area contributed by atoms with Crippen molar-refractivity contribution in [2.45, 2.75) is 6.61 Å². The first-order valence-electron chi connectivity index (χ1n) is 4.21. The number of hydrogen-bond acceptors (Lipinski definition) is 3. The molecule has 0 atom stereocenters. The Morgan fingerprint density at radius 3 is 2.73 bits per heavy atom. The number of thiazole rings is 1. The molecule has 1 heterocycles. The summed E-state index contributed by atoms with van der Waals surface area (Å²) in [5.41, 5.74) is 1.60. The molecule has 1 aromatic carbocycles. The summed E-state index contributed by atoms with van der Waals surface area (Å²) in [4.78, 5) is 4.23. The van der Waals surface area contributed by atoms with E-state index in [1.165, 1.54) is 11.3 Å². The van der Waals surface area contributed by atoms with Gasteiger partial charge in [0, 0.05) is 16.0 Å². The lowest BCUT2D eigenvalue weighted by atomic mass is 10.2. The Morgan fingerprint density at radius 1 is 1.33 bits per heavy atom. The number of rotatable bonds is 2. The molecule has 0 saturated carbocycles. The Balaban J connectivity index is 2.44. The van der Waals surface area contributed by atoms with Crippen LogP contribution in [0, 0.1) is 0 Å². The van der Waals surface area contributed by atoms with Crippen LogP contribution >= 0.6 is 34.5 Å². The van der Waals surface area contributed by atoms with Gasteiger partial charge in [0.15, 0.2) is 0 Å². The van der Waals surface area contributed by atoms with Crippen molar-refractivity contribution >= 4 is 34.5 Å². The largest absolute Gasteiger partial charge is 0.389 e. The highest BCUT2D eigenvalue weighted by Crippen LogP contribution is 2.30. The SMILES string of the molecule is OCc1nc(-c2ccc(Cl)cc2Cl)cs1. The highest BCUT2D eigenvalue weighted by molar-refractivity contribution is 7.09. The monoisotopic (exact) mass is 259 g/mol. The molecular weight excluding hydrogens is 253 g/mol. The highest BCUT2D eigenvalue weighted by Gasteiger charge is 2.07. The fourth-order valence-electron chi connectivity index (χ4n) is 1.20. The summed E-state index contributed by atoms with van der Waals surface area (Å²) in [6, 6.07) is 5.26. The molecule has 0 spiro atoms. The molecule has 0 radical (unpaired) electrons. The van der Waals surface area contributed by atoms with E-state index in [4.69, 9.17) is 28.3 Å². The molecule has 2 nitrogen and oxygen atoms in total. The van der Waals surface area contributed by atoms with Crippen LogP contribution in [-0.4, -0.2) is 10.1 Å². The minimum atomic E-state index is -0.0458. The van der Waals surface area contributed by atoms with E-state index in [1.54, 1.807) is 12.1 Å². The van der Waals surface area contributed by atoms with E-state index in [0.29, 0.717) is 15.1 Å². The molecule has 0 aliphatic heterocycles. The molecule has 0 aliphatic carbocycles. The zero-order valence-electron chi connectivity index (χ0n) is 7.58. The average Bonchev–Trinajstić information content (AvgIpc) is 2.66. The minimum Gasteiger partial charge on any atom is -0.389 e. The molecule has 1 N–H and O–H groups in total. The van der Waals surface area contributed by atoms with Gasteiger partial charge in [0.2, 0.25) is 0 Å². The lowest BCUT2D eigenvalue weighted by molar-refractivity contribution is 0.281. The summed E-state index contributed by atoms with van der Waals surface area (Å²) in [5.74, 6) is 0. The van der Waals surface area contributed by atoms with E-state index in [-0.39, 0.29) is 6.61 Å². The summed E-state index contributed by atoms with van der Waals surface area (Å²) in [5, 5.41) is 12.6. The van der Waals surface area contributed by atoms with Crippen LogP contribution < -0.4 is 0 Å². The Morgan fingerprint density at radius 2 is 2.13 bits per heavy atom. The van der Waals surface area contributed by atoms with Crippen LogP contribution in [0.1, 0.15) is 5.01 Å². The van der Waals surface area contributed by atoms with Crippen LogP contribution in [0.2, 0.25) is 10.0 Å². The van der Waals surface area contributed by atoms with Gasteiger partial charge >= 0.3 is 0 Å². The smallest absolute Gasteiger partial charge is 0.119 e. The van der Waals surface area contributed by atoms with Crippen molar-refractivity contribution in [2.24, 2.45) is 0 Å². The van der Waals surface area contributed by atoms with Crippen molar-refractivity contribution in [1.82, 2.24) is 4.98 Å². The van der Waals surface area contributed by atoms with E-state index in [0.717, 1.165) is 11.3 Å². The van der Waals surface area contributed by atoms with Gasteiger partial charge in [-0.25, -0.2) is 4.98 Å². The normalized spacial score (nSPS) is 10.6. The molecule has 0 amide bonds. The molecule has 5 heteroatoms. The zero-order chi connectivity index (χ0) is 10.8. The van der Waals surface area contributed by atoms with E-state index < -0.39 is 0 Å². The molecule has 0 unspecified atom stereocenters. The molecular formula is C10H7Cl2NOS. The fourth-order valence-corrected chi connectivity index (χ4v) is 2.36. The summed E-state index contributed by atoms with van der Waals surface area (Å²) < 4.78 is 0. The van der Waals surface area contributed by atoms with E-state index in [2.05, 4.69) is 4.98 Å². The number of hydrogen-bond donors (Lipinski definition) is 1. The van der Waals surface area contributed by atoms with Gasteiger partial charge in [0.1, 0.15) is 5.01 Å². The molecule has 1 aromatic heterocycles. The number of aliphatic hydroxyl groups excluding tert-OH is 1. The van der Waals surface area contributed by atoms with Gasteiger partial charge in [0.25, 0.3) is 0 Å². The van der Waals surface area contributed by atoms with Crippen LogP contribution in [0.5, 0.6) is 0 Å². The predicted molar refractivity (Wildman–Crippen MR) is 63.5 cm³/mol. The molecule has 0 fully saturated rings. The molecule has 15 heavy (non-hydrogen) atoms. The quantitative estimate of drug-likeness (QED) is 0.894. The summed E-state index contributed by atoms with van der Waals surface area (Å²) in [6.45, 7) is -0.0458. The number of nitrogens with zero attached hydrogens (tertiary/aromatic N) is 1. The average molecular weight is 260 g/mol. The summed E-state index contributed by atoms with van der Waals surface area (Å²) in [6.07, 6.45) is 0. The van der Waals surface area contributed by atoms with Gasteiger partial charge < -0.3 is 5.11 Å². The number of aliphatic hydroxyl groups is 1. The van der Waals surface area contributed by atoms with Gasteiger partial charge in [-0.05, 0) is 18.2 Å². The molecule has 0 bridgehead atoms. The van der Waals surface area contributed by atoms with Gasteiger partial charge in [-0.1, -0.05) is 23.2 Å². The van der Waals surface area contributed by atoms with E-state index >= 15 is 0 Å². The van der Waals surface area contributed by atoms with Crippen LogP contribution in [0.25, 0.3) is 11.3 Å². The van der Waals surface area contributed by atoms with Crippen molar-refractivity contribution in [3.63, 3.8) is 0 Å². The van der Waals surface area contributed by atoms with Gasteiger partial charge in [0.05, 0.1) is 17.3 Å². The van der Waals surface area contributed by atoms with Gasteiger partial charge in [-0.15, -0.1) is 11.3 Å². The first-order valence-corrected chi connectivity index (χ1v) is 5.85. The Kier molecular flexibility index (Phi) is 3.26. The topological polar surface area (TPSA) is 33.1 Å². The third-order valence-electron chi connectivity index (χ3n) is 1.89. The van der Waals surface area contributed by atoms with Gasteiger partial charge in [-0.3, -0.25) is 0 Å². The second-order valence-electron chi connectivity index (χ2n) is 2.91. The maximum atomic E-state index is 8.91. The first kappa shape index (κ1) is 10.9. The van der Waals surface area contributed by atoms with Crippen LogP contribution in [0.4, 0.5) is 0 Å². The lowest BCUT2D eigenvalue weighted by Gasteiger charge is -2.00. The molecule has 2 rings (SSSR count). The third kappa shape index (κ3) is 2.32. The first-order chi connectivity index (χ1) is 7.20. The van der Waals surface area contributed by atoms with E-state index in [1.807, 2.05) is 11.4 Å². The Labute approximate surface area is 101 Å². The summed E-state index contributed by atoms with van der Waals surface area (Å²) in [7, 11) is 0. The van der Waals surface area contributed by atoms with E-state index in [9.17, 15) is 0 Å². The lowest BCUT2D eigenvalue weighted by Crippen LogP contribution is -1.83. The Hall–Kier alpha value is -0.610. The Bertz CT molecular complexity index is 484. The van der Waals surface area contributed by atoms with Crippen molar-refractivity contribution in [3.8, 4) is 11.3 Å². The molecule has 2 aromatic rings. The van der Waals surface area contributed by atoms with Crippen molar-refractivity contribution in [3.05, 3.63) is 38.6 Å². The predicted octanol–water partition coefficient (Wildman–Crippen LogP) is 3.61. The second-order valence-corrected chi connectivity index (χ2v) is 4.70.